The van der Waals surface area contributed by atoms with E-state index < -0.39 is 16.1 Å². The molecule has 0 radical (unpaired) electrons. The fourth-order valence-electron chi connectivity index (χ4n) is 2.13. The summed E-state index contributed by atoms with van der Waals surface area (Å²) in [5.74, 6) is 0.149. The number of sulfonamides is 1. The van der Waals surface area contributed by atoms with Crippen LogP contribution in [0.2, 0.25) is 10.3 Å². The number of halogens is 2. The minimum absolute atomic E-state index is 0.0516. The summed E-state index contributed by atoms with van der Waals surface area (Å²) in [6.07, 6.45) is 1.37. The van der Waals surface area contributed by atoms with Gasteiger partial charge in [0.05, 0.1) is 4.90 Å². The Morgan fingerprint density at radius 3 is 2.36 bits per heavy atom. The summed E-state index contributed by atoms with van der Waals surface area (Å²) in [6.45, 7) is 4.57. The molecule has 2 rings (SSSR count). The fraction of sp³-hybridized carbons (Fsp3) is 0.375. The molecule has 1 heterocycles. The Bertz CT molecular complexity index is 924. The average Bonchev–Trinajstić information content (AvgIpc) is 2.63. The predicted octanol–water partition coefficient (Wildman–Crippen LogP) is 3.32. The summed E-state index contributed by atoms with van der Waals surface area (Å²) in [5, 5.41) is 3.22. The topological polar surface area (TPSA) is 117 Å². The van der Waals surface area contributed by atoms with E-state index in [0.29, 0.717) is 18.0 Å². The summed E-state index contributed by atoms with van der Waals surface area (Å²) >= 11 is 11.7. The van der Waals surface area contributed by atoms with Gasteiger partial charge in [0.15, 0.2) is 0 Å². The number of nitrogens with one attached hydrogen (secondary N) is 2. The number of carbonyl (C=O) groups is 1. The van der Waals surface area contributed by atoms with Crippen LogP contribution in [0.5, 0.6) is 0 Å². The van der Waals surface area contributed by atoms with Crippen LogP contribution in [0.3, 0.4) is 0 Å². The normalized spacial score (nSPS) is 11.1. The van der Waals surface area contributed by atoms with Crippen molar-refractivity contribution in [3.63, 3.8) is 0 Å². The third-order valence-corrected chi connectivity index (χ3v) is 5.17. The summed E-state index contributed by atoms with van der Waals surface area (Å²) < 4.78 is 27.0. The van der Waals surface area contributed by atoms with Crippen LogP contribution >= 0.6 is 23.2 Å². The first kappa shape index (κ1) is 22.1. The van der Waals surface area contributed by atoms with Crippen molar-refractivity contribution in [1.29, 1.82) is 0 Å². The van der Waals surface area contributed by atoms with E-state index >= 15 is 0 Å². The number of hydrogen-bond donors (Lipinski definition) is 2. The lowest BCUT2D eigenvalue weighted by molar-refractivity contribution is 0.250. The SMILES string of the molecule is CCCNc1nc(Cl)nc(N(CCC)C(=O)NS(=O)(=O)c2ccc(Cl)cc2)n1. The van der Waals surface area contributed by atoms with Crippen molar-refractivity contribution in [3.05, 3.63) is 34.6 Å². The van der Waals surface area contributed by atoms with Gasteiger partial charge in [-0.1, -0.05) is 25.4 Å². The van der Waals surface area contributed by atoms with Crippen LogP contribution in [0.4, 0.5) is 16.7 Å². The molecule has 1 aromatic heterocycles. The molecule has 0 bridgehead atoms. The van der Waals surface area contributed by atoms with Crippen LogP contribution in [0.1, 0.15) is 26.7 Å². The summed E-state index contributed by atoms with van der Waals surface area (Å²) in [4.78, 5) is 25.7. The van der Waals surface area contributed by atoms with Crippen molar-refractivity contribution in [2.45, 2.75) is 31.6 Å². The van der Waals surface area contributed by atoms with Gasteiger partial charge < -0.3 is 5.32 Å². The highest BCUT2D eigenvalue weighted by atomic mass is 35.5. The maximum absolute atomic E-state index is 12.7. The van der Waals surface area contributed by atoms with Gasteiger partial charge in [-0.2, -0.15) is 15.0 Å². The second-order valence-electron chi connectivity index (χ2n) is 5.67. The van der Waals surface area contributed by atoms with E-state index in [2.05, 4.69) is 20.3 Å². The lowest BCUT2D eigenvalue weighted by Gasteiger charge is -2.21. The second kappa shape index (κ2) is 9.85. The zero-order valence-electron chi connectivity index (χ0n) is 15.3. The largest absolute Gasteiger partial charge is 0.354 e. The first-order valence-electron chi connectivity index (χ1n) is 8.52. The van der Waals surface area contributed by atoms with Gasteiger partial charge in [-0.3, -0.25) is 4.90 Å². The van der Waals surface area contributed by atoms with E-state index in [9.17, 15) is 13.2 Å². The third kappa shape index (κ3) is 5.91. The number of hydrogen-bond acceptors (Lipinski definition) is 7. The van der Waals surface area contributed by atoms with E-state index in [0.717, 1.165) is 11.3 Å². The van der Waals surface area contributed by atoms with Crippen LogP contribution in [0.15, 0.2) is 29.2 Å². The van der Waals surface area contributed by atoms with Crippen LogP contribution in [0, 0.1) is 0 Å². The molecule has 12 heteroatoms. The van der Waals surface area contributed by atoms with E-state index in [1.54, 1.807) is 0 Å². The van der Waals surface area contributed by atoms with Gasteiger partial charge in [-0.05, 0) is 48.7 Å². The molecule has 0 aliphatic rings. The standard InChI is InChI=1S/C16H20Cl2N6O3S/c1-3-9-19-14-20-13(18)21-15(22-14)24(10-4-2)16(25)23-28(26,27)12-7-5-11(17)6-8-12/h5-8H,3-4,9-10H2,1-2H3,(H,23,25)(H,19,20,21,22). The molecule has 0 atom stereocenters. The van der Waals surface area contributed by atoms with Crippen LogP contribution in [-0.4, -0.2) is 42.5 Å². The van der Waals surface area contributed by atoms with Gasteiger partial charge in [0.2, 0.25) is 17.2 Å². The number of anilines is 2. The quantitative estimate of drug-likeness (QED) is 0.638. The van der Waals surface area contributed by atoms with Crippen molar-refractivity contribution in [3.8, 4) is 0 Å². The van der Waals surface area contributed by atoms with Crippen molar-refractivity contribution in [2.24, 2.45) is 0 Å². The lowest BCUT2D eigenvalue weighted by Crippen LogP contribution is -2.44. The molecule has 0 aliphatic heterocycles. The second-order valence-corrected chi connectivity index (χ2v) is 8.13. The number of aromatic nitrogens is 3. The molecule has 152 valence electrons. The van der Waals surface area contributed by atoms with E-state index in [-0.39, 0.29) is 28.6 Å². The highest BCUT2D eigenvalue weighted by molar-refractivity contribution is 7.90. The van der Waals surface area contributed by atoms with Gasteiger partial charge in [0, 0.05) is 18.1 Å². The first-order valence-corrected chi connectivity index (χ1v) is 10.8. The molecule has 9 nitrogen and oxygen atoms in total. The number of nitrogens with zero attached hydrogens (tertiary/aromatic N) is 4. The molecule has 2 N–H and O–H groups in total. The zero-order chi connectivity index (χ0) is 20.7. The number of carbonyl (C=O) groups excluding carboxylic acids is 1. The summed E-state index contributed by atoms with van der Waals surface area (Å²) in [7, 11) is -4.10. The van der Waals surface area contributed by atoms with Crippen LogP contribution < -0.4 is 14.9 Å². The Hall–Kier alpha value is -2.17. The van der Waals surface area contributed by atoms with Crippen molar-refractivity contribution >= 4 is 51.2 Å². The van der Waals surface area contributed by atoms with Crippen LogP contribution in [-0.2, 0) is 10.0 Å². The Labute approximate surface area is 173 Å². The maximum Gasteiger partial charge on any atom is 0.338 e. The molecule has 1 aromatic carbocycles. The monoisotopic (exact) mass is 446 g/mol. The van der Waals surface area contributed by atoms with Crippen molar-refractivity contribution in [2.75, 3.05) is 23.3 Å². The average molecular weight is 447 g/mol. The minimum Gasteiger partial charge on any atom is -0.354 e. The molecule has 0 unspecified atom stereocenters. The van der Waals surface area contributed by atoms with Gasteiger partial charge >= 0.3 is 6.03 Å². The molecular weight excluding hydrogens is 427 g/mol. The lowest BCUT2D eigenvalue weighted by atomic mass is 10.4. The van der Waals surface area contributed by atoms with E-state index in [1.165, 1.54) is 24.3 Å². The molecule has 0 fully saturated rings. The maximum atomic E-state index is 12.7. The summed E-state index contributed by atoms with van der Waals surface area (Å²) in [6, 6.07) is 4.54. The molecule has 0 saturated heterocycles. The van der Waals surface area contributed by atoms with Crippen LogP contribution in [0.25, 0.3) is 0 Å². The van der Waals surface area contributed by atoms with Gasteiger partial charge in [0.25, 0.3) is 10.0 Å². The number of amides is 2. The van der Waals surface area contributed by atoms with E-state index in [1.807, 2.05) is 18.6 Å². The predicted molar refractivity (Wildman–Crippen MR) is 108 cm³/mol. The smallest absolute Gasteiger partial charge is 0.338 e. The molecule has 0 spiro atoms. The third-order valence-electron chi connectivity index (χ3n) is 3.41. The van der Waals surface area contributed by atoms with Gasteiger partial charge in [0.1, 0.15) is 0 Å². The van der Waals surface area contributed by atoms with Crippen molar-refractivity contribution in [1.82, 2.24) is 19.7 Å². The molecular formula is C16H20Cl2N6O3S. The summed E-state index contributed by atoms with van der Waals surface area (Å²) in [5.41, 5.74) is 0. The number of rotatable bonds is 8. The molecule has 0 aliphatic carbocycles. The Morgan fingerprint density at radius 2 is 1.75 bits per heavy atom. The Morgan fingerprint density at radius 1 is 1.07 bits per heavy atom. The molecule has 2 aromatic rings. The van der Waals surface area contributed by atoms with Crippen molar-refractivity contribution < 1.29 is 13.2 Å². The Kier molecular flexibility index (Phi) is 7.78. The molecule has 2 amide bonds. The fourth-order valence-corrected chi connectivity index (χ4v) is 3.37. The number of urea groups is 1. The highest BCUT2D eigenvalue weighted by Gasteiger charge is 2.25. The first-order chi connectivity index (χ1) is 13.3. The van der Waals surface area contributed by atoms with E-state index in [4.69, 9.17) is 23.2 Å². The Balaban J connectivity index is 2.29. The molecule has 28 heavy (non-hydrogen) atoms. The zero-order valence-corrected chi connectivity index (χ0v) is 17.6. The van der Waals surface area contributed by atoms with Gasteiger partial charge in [-0.25, -0.2) is 17.9 Å². The highest BCUT2D eigenvalue weighted by Crippen LogP contribution is 2.17. The minimum atomic E-state index is -4.10. The van der Waals surface area contributed by atoms with Gasteiger partial charge in [-0.15, -0.1) is 0 Å². The number of benzene rings is 1. The molecule has 0 saturated carbocycles.